The van der Waals surface area contributed by atoms with Gasteiger partial charge in [0.1, 0.15) is 5.15 Å². The second-order valence-corrected chi connectivity index (χ2v) is 6.54. The highest BCUT2D eigenvalue weighted by Crippen LogP contribution is 2.30. The molecule has 0 fully saturated rings. The standard InChI is InChI=1S/C15H18Cl2N2O/c1-15(2,3)13-11(9-20)14(17)19(18-13)8-10-6-4-5-7-12(10)16/h4-7,20H,8-9H2,1-3H3. The summed E-state index contributed by atoms with van der Waals surface area (Å²) in [5.74, 6) is 0. The van der Waals surface area contributed by atoms with E-state index in [1.807, 2.05) is 45.0 Å². The highest BCUT2D eigenvalue weighted by Gasteiger charge is 2.25. The van der Waals surface area contributed by atoms with Crippen LogP contribution >= 0.6 is 23.2 Å². The van der Waals surface area contributed by atoms with Crippen molar-refractivity contribution in [1.82, 2.24) is 9.78 Å². The first-order valence-corrected chi connectivity index (χ1v) is 7.20. The summed E-state index contributed by atoms with van der Waals surface area (Å²) in [4.78, 5) is 0. The summed E-state index contributed by atoms with van der Waals surface area (Å²) in [5, 5.41) is 15.2. The Morgan fingerprint density at radius 1 is 1.20 bits per heavy atom. The second kappa shape index (κ2) is 5.76. The van der Waals surface area contributed by atoms with Gasteiger partial charge in [0.2, 0.25) is 0 Å². The van der Waals surface area contributed by atoms with E-state index in [1.54, 1.807) is 4.68 Å². The van der Waals surface area contributed by atoms with Crippen LogP contribution in [0.3, 0.4) is 0 Å². The minimum atomic E-state index is -0.173. The fraction of sp³-hybridized carbons (Fsp3) is 0.400. The topological polar surface area (TPSA) is 38.0 Å². The van der Waals surface area contributed by atoms with E-state index in [0.29, 0.717) is 22.3 Å². The van der Waals surface area contributed by atoms with Crippen molar-refractivity contribution in [3.63, 3.8) is 0 Å². The lowest BCUT2D eigenvalue weighted by Gasteiger charge is -2.16. The Bertz CT molecular complexity index is 615. The summed E-state index contributed by atoms with van der Waals surface area (Å²) >= 11 is 12.5. The maximum absolute atomic E-state index is 9.53. The van der Waals surface area contributed by atoms with Gasteiger partial charge in [0.15, 0.2) is 0 Å². The third kappa shape index (κ3) is 3.00. The normalized spacial score (nSPS) is 11.9. The van der Waals surface area contributed by atoms with E-state index < -0.39 is 0 Å². The van der Waals surface area contributed by atoms with Gasteiger partial charge >= 0.3 is 0 Å². The van der Waals surface area contributed by atoms with Gasteiger partial charge in [0.25, 0.3) is 0 Å². The number of aliphatic hydroxyl groups excluding tert-OH is 1. The summed E-state index contributed by atoms with van der Waals surface area (Å²) in [5.41, 5.74) is 2.28. The van der Waals surface area contributed by atoms with Crippen LogP contribution in [0.4, 0.5) is 0 Å². The molecule has 0 saturated carbocycles. The number of rotatable bonds is 3. The molecule has 0 spiro atoms. The van der Waals surface area contributed by atoms with E-state index in [1.165, 1.54) is 0 Å². The minimum Gasteiger partial charge on any atom is -0.391 e. The lowest BCUT2D eigenvalue weighted by atomic mass is 9.90. The molecular weight excluding hydrogens is 295 g/mol. The fourth-order valence-corrected chi connectivity index (χ4v) is 2.56. The number of aromatic nitrogens is 2. The van der Waals surface area contributed by atoms with E-state index in [-0.39, 0.29) is 12.0 Å². The number of benzene rings is 1. The van der Waals surface area contributed by atoms with Crippen LogP contribution in [0, 0.1) is 0 Å². The number of aliphatic hydroxyl groups is 1. The highest BCUT2D eigenvalue weighted by atomic mass is 35.5. The summed E-state index contributed by atoms with van der Waals surface area (Å²) < 4.78 is 1.69. The average molecular weight is 313 g/mol. The maximum atomic E-state index is 9.53. The highest BCUT2D eigenvalue weighted by molar-refractivity contribution is 6.31. The second-order valence-electron chi connectivity index (χ2n) is 5.78. The number of hydrogen-bond donors (Lipinski definition) is 1. The first kappa shape index (κ1) is 15.4. The van der Waals surface area contributed by atoms with E-state index >= 15 is 0 Å². The molecular formula is C15H18Cl2N2O. The molecule has 108 valence electrons. The van der Waals surface area contributed by atoms with Crippen LogP contribution in [-0.2, 0) is 18.6 Å². The van der Waals surface area contributed by atoms with Gasteiger partial charge in [0, 0.05) is 16.0 Å². The largest absolute Gasteiger partial charge is 0.391 e. The predicted octanol–water partition coefficient (Wildman–Crippen LogP) is 4.03. The van der Waals surface area contributed by atoms with Gasteiger partial charge in [0.05, 0.1) is 18.8 Å². The fourth-order valence-electron chi connectivity index (χ4n) is 2.11. The van der Waals surface area contributed by atoms with Crippen molar-refractivity contribution in [2.75, 3.05) is 0 Å². The Morgan fingerprint density at radius 2 is 1.85 bits per heavy atom. The first-order chi connectivity index (χ1) is 9.34. The van der Waals surface area contributed by atoms with Crippen molar-refractivity contribution < 1.29 is 5.11 Å². The van der Waals surface area contributed by atoms with Gasteiger partial charge in [-0.2, -0.15) is 5.10 Å². The third-order valence-corrected chi connectivity index (χ3v) is 3.92. The molecule has 1 N–H and O–H groups in total. The molecule has 2 rings (SSSR count). The SMILES string of the molecule is CC(C)(C)c1nn(Cc2ccccc2Cl)c(Cl)c1CO. The Hall–Kier alpha value is -1.03. The van der Waals surface area contributed by atoms with Crippen molar-refractivity contribution >= 4 is 23.2 Å². The molecule has 0 aliphatic carbocycles. The molecule has 3 nitrogen and oxygen atoms in total. The van der Waals surface area contributed by atoms with Gasteiger partial charge in [-0.15, -0.1) is 0 Å². The predicted molar refractivity (Wildman–Crippen MR) is 82.4 cm³/mol. The van der Waals surface area contributed by atoms with Crippen LogP contribution in [0.1, 0.15) is 37.6 Å². The summed E-state index contributed by atoms with van der Waals surface area (Å²) in [6.45, 7) is 6.51. The van der Waals surface area contributed by atoms with Gasteiger partial charge in [-0.3, -0.25) is 0 Å². The zero-order chi connectivity index (χ0) is 14.9. The smallest absolute Gasteiger partial charge is 0.133 e. The lowest BCUT2D eigenvalue weighted by molar-refractivity contribution is 0.278. The molecule has 5 heteroatoms. The van der Waals surface area contributed by atoms with E-state index in [9.17, 15) is 5.11 Å². The van der Waals surface area contributed by atoms with E-state index in [4.69, 9.17) is 23.2 Å². The third-order valence-electron chi connectivity index (χ3n) is 3.13. The Kier molecular flexibility index (Phi) is 4.43. The lowest BCUT2D eigenvalue weighted by Crippen LogP contribution is -2.15. The molecule has 0 bridgehead atoms. The van der Waals surface area contributed by atoms with Crippen LogP contribution in [0.2, 0.25) is 10.2 Å². The quantitative estimate of drug-likeness (QED) is 0.929. The van der Waals surface area contributed by atoms with Crippen LogP contribution in [0.15, 0.2) is 24.3 Å². The molecule has 0 saturated heterocycles. The van der Waals surface area contributed by atoms with Crippen LogP contribution in [0.5, 0.6) is 0 Å². The average Bonchev–Trinajstić information content (AvgIpc) is 2.69. The van der Waals surface area contributed by atoms with E-state index in [2.05, 4.69) is 5.10 Å². The van der Waals surface area contributed by atoms with Gasteiger partial charge < -0.3 is 5.11 Å². The molecule has 2 aromatic rings. The zero-order valence-electron chi connectivity index (χ0n) is 11.8. The Balaban J connectivity index is 2.44. The first-order valence-electron chi connectivity index (χ1n) is 6.44. The van der Waals surface area contributed by atoms with Gasteiger partial charge in [-0.25, -0.2) is 4.68 Å². The molecule has 1 aromatic carbocycles. The van der Waals surface area contributed by atoms with Crippen molar-refractivity contribution in [2.24, 2.45) is 0 Å². The van der Waals surface area contributed by atoms with Gasteiger partial charge in [-0.1, -0.05) is 62.2 Å². The summed E-state index contributed by atoms with van der Waals surface area (Å²) in [7, 11) is 0. The molecule has 1 heterocycles. The summed E-state index contributed by atoms with van der Waals surface area (Å²) in [6.07, 6.45) is 0. The maximum Gasteiger partial charge on any atom is 0.133 e. The van der Waals surface area contributed by atoms with Crippen LogP contribution in [-0.4, -0.2) is 14.9 Å². The van der Waals surface area contributed by atoms with E-state index in [0.717, 1.165) is 11.3 Å². The number of halogens is 2. The monoisotopic (exact) mass is 312 g/mol. The molecule has 0 aliphatic heterocycles. The molecule has 0 aliphatic rings. The summed E-state index contributed by atoms with van der Waals surface area (Å²) in [6, 6.07) is 7.59. The Morgan fingerprint density at radius 3 is 2.35 bits per heavy atom. The molecule has 20 heavy (non-hydrogen) atoms. The van der Waals surface area contributed by atoms with Crippen molar-refractivity contribution in [3.8, 4) is 0 Å². The van der Waals surface area contributed by atoms with Crippen molar-refractivity contribution in [1.29, 1.82) is 0 Å². The van der Waals surface area contributed by atoms with Crippen LogP contribution in [0.25, 0.3) is 0 Å². The van der Waals surface area contributed by atoms with Gasteiger partial charge in [-0.05, 0) is 11.6 Å². The minimum absolute atomic E-state index is 0.117. The molecule has 0 unspecified atom stereocenters. The molecule has 0 atom stereocenters. The number of hydrogen-bond acceptors (Lipinski definition) is 2. The Labute approximate surface area is 129 Å². The van der Waals surface area contributed by atoms with Crippen molar-refractivity contribution in [3.05, 3.63) is 51.3 Å². The molecule has 0 amide bonds. The zero-order valence-corrected chi connectivity index (χ0v) is 13.3. The molecule has 0 radical (unpaired) electrons. The number of nitrogens with zero attached hydrogens (tertiary/aromatic N) is 2. The van der Waals surface area contributed by atoms with Crippen LogP contribution < -0.4 is 0 Å². The van der Waals surface area contributed by atoms with Crippen molar-refractivity contribution in [2.45, 2.75) is 39.3 Å². The molecule has 1 aromatic heterocycles.